The maximum Gasteiger partial charge on any atom is 0.500 e. The monoisotopic (exact) mass is 746 g/mol. The summed E-state index contributed by atoms with van der Waals surface area (Å²) in [5.41, 5.74) is 8.76. The Morgan fingerprint density at radius 1 is 0.464 bits per heavy atom. The van der Waals surface area contributed by atoms with Gasteiger partial charge in [-0.05, 0) is 102 Å². The Bertz CT molecular complexity index is 2410. The van der Waals surface area contributed by atoms with Crippen LogP contribution >= 0.6 is 0 Å². The fraction of sp³-hybridized carbons (Fsp3) is 0.304. The van der Waals surface area contributed by atoms with Gasteiger partial charge in [-0.3, -0.25) is 4.98 Å². The molecule has 8 rings (SSSR count). The highest BCUT2D eigenvalue weighted by molar-refractivity contribution is 6.63. The van der Waals surface area contributed by atoms with E-state index in [0.29, 0.717) is 11.5 Å². The zero-order valence-corrected chi connectivity index (χ0v) is 33.9. The van der Waals surface area contributed by atoms with Gasteiger partial charge in [0.2, 0.25) is 0 Å². The fourth-order valence-electron chi connectivity index (χ4n) is 7.14. The van der Waals surface area contributed by atoms with Crippen LogP contribution in [0.3, 0.4) is 0 Å². The lowest BCUT2D eigenvalue weighted by Crippen LogP contribution is -2.41. The molecule has 8 nitrogen and oxygen atoms in total. The van der Waals surface area contributed by atoms with Crippen LogP contribution in [-0.2, 0) is 18.6 Å². The van der Waals surface area contributed by atoms with E-state index in [1.807, 2.05) is 52.0 Å². The van der Waals surface area contributed by atoms with E-state index in [2.05, 4.69) is 107 Å². The molecule has 4 heterocycles. The number of methoxy groups -OCH3 is 2. The molecule has 4 aromatic carbocycles. The van der Waals surface area contributed by atoms with Gasteiger partial charge in [0.1, 0.15) is 11.5 Å². The maximum atomic E-state index is 6.31. The molecule has 0 amide bonds. The number of fused-ring (bicyclic) bond motifs is 1. The van der Waals surface area contributed by atoms with Crippen molar-refractivity contribution < 1.29 is 28.1 Å². The molecule has 2 aliphatic heterocycles. The molecule has 0 unspecified atom stereocenters. The summed E-state index contributed by atoms with van der Waals surface area (Å²) in [5, 5.41) is 1.07. The van der Waals surface area contributed by atoms with Crippen LogP contribution in [0.15, 0.2) is 109 Å². The molecule has 2 fully saturated rings. The van der Waals surface area contributed by atoms with E-state index in [1.54, 1.807) is 20.4 Å². The van der Waals surface area contributed by atoms with Gasteiger partial charge in [-0.25, -0.2) is 4.98 Å². The predicted molar refractivity (Wildman–Crippen MR) is 226 cm³/mol. The molecule has 0 bridgehead atoms. The predicted octanol–water partition coefficient (Wildman–Crippen LogP) is 8.91. The molecule has 284 valence electrons. The normalized spacial score (nSPS) is 18.0. The number of aromatic nitrogens is 2. The van der Waals surface area contributed by atoms with Crippen LogP contribution in [0.5, 0.6) is 11.5 Å². The lowest BCUT2D eigenvalue weighted by Gasteiger charge is -2.32. The first-order valence-corrected chi connectivity index (χ1v) is 19.1. The highest BCUT2D eigenvalue weighted by Crippen LogP contribution is 2.39. The van der Waals surface area contributed by atoms with Crippen molar-refractivity contribution >= 4 is 36.1 Å². The SMILES string of the molecule is COc1cc(-c2ccc3ccc(-c4ccc(-c5cccc(-c6cc(OC)c(B7OC(C)(C)C(C)(C)O7)cn6)c5)cc4)cc3n2)ccc1B1OC(C)(C)C(C)(C)O1. The molecular weight excluding hydrogens is 698 g/mol. The molecule has 6 aromatic rings. The standard InChI is InChI=1S/C46H48B2N2O6/c1-43(2)44(3,4)54-47(53-43)36-22-20-35(26-41(36)51-9)38-23-21-31-18-19-33(25-40(31)50-38)30-16-14-29(15-17-30)32-12-11-13-34(24-32)39-27-42(52-10)37(28-49-39)48-55-45(5,6)46(7,8)56-48/h11-28H,1-10H3. The van der Waals surface area contributed by atoms with Gasteiger partial charge in [-0.1, -0.05) is 72.8 Å². The molecule has 0 aliphatic carbocycles. The molecule has 2 saturated heterocycles. The van der Waals surface area contributed by atoms with E-state index in [0.717, 1.165) is 66.6 Å². The van der Waals surface area contributed by atoms with Crippen molar-refractivity contribution in [2.24, 2.45) is 0 Å². The quantitative estimate of drug-likeness (QED) is 0.143. The molecule has 0 atom stereocenters. The Balaban J connectivity index is 1.02. The first-order valence-electron chi connectivity index (χ1n) is 19.1. The summed E-state index contributed by atoms with van der Waals surface area (Å²) in [7, 11) is 2.26. The minimum absolute atomic E-state index is 0.442. The Labute approximate surface area is 330 Å². The van der Waals surface area contributed by atoms with Crippen molar-refractivity contribution in [2.75, 3.05) is 14.2 Å². The van der Waals surface area contributed by atoms with Crippen LogP contribution in [0.1, 0.15) is 55.4 Å². The molecule has 0 radical (unpaired) electrons. The first-order chi connectivity index (χ1) is 26.6. The highest BCUT2D eigenvalue weighted by Gasteiger charge is 2.53. The smallest absolute Gasteiger partial charge is 0.497 e. The molecule has 0 saturated carbocycles. The van der Waals surface area contributed by atoms with Crippen LogP contribution in [0.4, 0.5) is 0 Å². The van der Waals surface area contributed by atoms with Crippen molar-refractivity contribution in [1.82, 2.24) is 9.97 Å². The third-order valence-corrected chi connectivity index (χ3v) is 12.1. The minimum Gasteiger partial charge on any atom is -0.497 e. The Morgan fingerprint density at radius 2 is 0.946 bits per heavy atom. The third-order valence-electron chi connectivity index (χ3n) is 12.1. The second-order valence-electron chi connectivity index (χ2n) is 16.7. The summed E-state index contributed by atoms with van der Waals surface area (Å²) >= 11 is 0. The topological polar surface area (TPSA) is 81.2 Å². The minimum atomic E-state index is -0.558. The third kappa shape index (κ3) is 6.79. The second kappa shape index (κ2) is 13.9. The summed E-state index contributed by atoms with van der Waals surface area (Å²) in [4.78, 5) is 9.90. The van der Waals surface area contributed by atoms with Crippen LogP contribution in [0.2, 0.25) is 0 Å². The van der Waals surface area contributed by atoms with E-state index < -0.39 is 36.6 Å². The van der Waals surface area contributed by atoms with Gasteiger partial charge >= 0.3 is 14.2 Å². The van der Waals surface area contributed by atoms with E-state index >= 15 is 0 Å². The number of pyridine rings is 2. The van der Waals surface area contributed by atoms with Gasteiger partial charge in [0.25, 0.3) is 0 Å². The van der Waals surface area contributed by atoms with Crippen LogP contribution in [0.25, 0.3) is 55.7 Å². The summed E-state index contributed by atoms with van der Waals surface area (Å²) < 4.78 is 36.8. The molecule has 2 aliphatic rings. The second-order valence-corrected chi connectivity index (χ2v) is 16.7. The van der Waals surface area contributed by atoms with Gasteiger partial charge < -0.3 is 28.1 Å². The largest absolute Gasteiger partial charge is 0.500 e. The van der Waals surface area contributed by atoms with E-state index in [1.165, 1.54) is 0 Å². The Kier molecular flexibility index (Phi) is 9.40. The van der Waals surface area contributed by atoms with Crippen LogP contribution in [0, 0.1) is 0 Å². The van der Waals surface area contributed by atoms with E-state index in [9.17, 15) is 0 Å². The summed E-state index contributed by atoms with van der Waals surface area (Å²) in [5.74, 6) is 1.38. The lowest BCUT2D eigenvalue weighted by molar-refractivity contribution is 0.00578. The lowest BCUT2D eigenvalue weighted by atomic mass is 9.77. The fourth-order valence-corrected chi connectivity index (χ4v) is 7.14. The molecule has 0 spiro atoms. The number of rotatable bonds is 8. The van der Waals surface area contributed by atoms with E-state index in [-0.39, 0.29) is 0 Å². The van der Waals surface area contributed by atoms with Crippen LogP contribution < -0.4 is 20.4 Å². The zero-order chi connectivity index (χ0) is 39.6. The first kappa shape index (κ1) is 37.9. The number of hydrogen-bond acceptors (Lipinski definition) is 8. The van der Waals surface area contributed by atoms with E-state index in [4.69, 9.17) is 38.1 Å². The Morgan fingerprint density at radius 3 is 1.55 bits per heavy atom. The molecule has 2 aromatic heterocycles. The van der Waals surface area contributed by atoms with Crippen molar-refractivity contribution in [3.8, 4) is 56.3 Å². The van der Waals surface area contributed by atoms with Gasteiger partial charge in [-0.2, -0.15) is 0 Å². The average Bonchev–Trinajstić information content (AvgIpc) is 3.55. The van der Waals surface area contributed by atoms with Crippen LogP contribution in [-0.4, -0.2) is 60.8 Å². The number of benzene rings is 4. The van der Waals surface area contributed by atoms with Gasteiger partial charge in [0, 0.05) is 39.7 Å². The highest BCUT2D eigenvalue weighted by atomic mass is 16.7. The molecular formula is C46H48B2N2O6. The van der Waals surface area contributed by atoms with Crippen molar-refractivity contribution in [2.45, 2.75) is 77.8 Å². The van der Waals surface area contributed by atoms with Crippen molar-refractivity contribution in [1.29, 1.82) is 0 Å². The number of hydrogen-bond donors (Lipinski definition) is 0. The summed E-state index contributed by atoms with van der Waals surface area (Å²) in [6.07, 6.45) is 1.80. The van der Waals surface area contributed by atoms with Gasteiger partial charge in [0.15, 0.2) is 0 Å². The molecule has 0 N–H and O–H groups in total. The van der Waals surface area contributed by atoms with Crippen molar-refractivity contribution in [3.63, 3.8) is 0 Å². The zero-order valence-electron chi connectivity index (χ0n) is 33.9. The Hall–Kier alpha value is -4.99. The van der Waals surface area contributed by atoms with Crippen molar-refractivity contribution in [3.05, 3.63) is 109 Å². The van der Waals surface area contributed by atoms with Gasteiger partial charge in [0.05, 0.1) is 53.5 Å². The summed E-state index contributed by atoms with van der Waals surface area (Å²) in [6, 6.07) is 35.6. The molecule has 10 heteroatoms. The molecule has 56 heavy (non-hydrogen) atoms. The van der Waals surface area contributed by atoms with Gasteiger partial charge in [-0.15, -0.1) is 0 Å². The summed E-state index contributed by atoms with van der Waals surface area (Å²) in [6.45, 7) is 16.4. The average molecular weight is 747 g/mol. The number of ether oxygens (including phenoxy) is 2. The maximum absolute atomic E-state index is 6.31. The number of nitrogens with zero attached hydrogens (tertiary/aromatic N) is 2.